The first-order valence-corrected chi connectivity index (χ1v) is 8.54. The normalized spacial score (nSPS) is 11.4. The summed E-state index contributed by atoms with van der Waals surface area (Å²) in [4.78, 5) is 13.4. The Kier molecular flexibility index (Phi) is 7.37. The molecule has 0 radical (unpaired) electrons. The average molecular weight is 342 g/mol. The fourth-order valence-corrected chi connectivity index (χ4v) is 2.66. The summed E-state index contributed by atoms with van der Waals surface area (Å²) in [5.74, 6) is -0.535. The van der Waals surface area contributed by atoms with E-state index >= 15 is 0 Å². The molecule has 134 valence electrons. The number of nitrogens with zero attached hydrogens (tertiary/aromatic N) is 3. The van der Waals surface area contributed by atoms with E-state index in [2.05, 4.69) is 36.0 Å². The van der Waals surface area contributed by atoms with Crippen molar-refractivity contribution in [2.24, 2.45) is 0 Å². The van der Waals surface area contributed by atoms with E-state index in [1.807, 2.05) is 29.1 Å². The fourth-order valence-electron chi connectivity index (χ4n) is 2.66. The van der Waals surface area contributed by atoms with E-state index in [1.165, 1.54) is 17.3 Å². The average Bonchev–Trinajstić information content (AvgIpc) is 3.04. The first-order valence-electron chi connectivity index (χ1n) is 8.54. The zero-order chi connectivity index (χ0) is 18.1. The minimum atomic E-state index is -0.535. The van der Waals surface area contributed by atoms with Crippen molar-refractivity contribution in [2.75, 3.05) is 13.1 Å². The maximum absolute atomic E-state index is 11.0. The summed E-state index contributed by atoms with van der Waals surface area (Å²) < 4.78 is 2.03. The molecule has 1 heterocycles. The summed E-state index contributed by atoms with van der Waals surface area (Å²) in [5.41, 5.74) is 4.91. The van der Waals surface area contributed by atoms with Gasteiger partial charge in [0.15, 0.2) is 0 Å². The van der Waals surface area contributed by atoms with E-state index in [0.717, 1.165) is 38.2 Å². The molecule has 0 saturated heterocycles. The van der Waals surface area contributed by atoms with Gasteiger partial charge in [-0.05, 0) is 43.2 Å². The number of hydrogen-bond donors (Lipinski definition) is 2. The number of amides is 1. The molecule has 1 amide bonds. The van der Waals surface area contributed by atoms with E-state index in [0.29, 0.717) is 0 Å². The molecule has 0 bridgehead atoms. The highest BCUT2D eigenvalue weighted by Crippen LogP contribution is 2.10. The summed E-state index contributed by atoms with van der Waals surface area (Å²) in [6.45, 7) is 8.02. The Hall–Kier alpha value is -2.44. The Labute approximate surface area is 148 Å². The van der Waals surface area contributed by atoms with Gasteiger partial charge in [0.2, 0.25) is 0 Å². The Bertz CT molecular complexity index is 692. The van der Waals surface area contributed by atoms with Gasteiger partial charge in [-0.25, -0.2) is 5.48 Å². The Morgan fingerprint density at radius 1 is 1.28 bits per heavy atom. The highest BCUT2D eigenvalue weighted by atomic mass is 16.5. The van der Waals surface area contributed by atoms with Gasteiger partial charge in [0, 0.05) is 31.1 Å². The van der Waals surface area contributed by atoms with Crippen LogP contribution < -0.4 is 5.48 Å². The van der Waals surface area contributed by atoms with Crippen LogP contribution in [0.25, 0.3) is 6.08 Å². The van der Waals surface area contributed by atoms with Crippen LogP contribution in [0.2, 0.25) is 0 Å². The van der Waals surface area contributed by atoms with Gasteiger partial charge in [-0.1, -0.05) is 31.2 Å². The standard InChI is InChI=1S/C19H26N4O2/c1-3-12-22(13-14-23-16(2)10-11-20-23)15-18-6-4-17(5-7-18)8-9-19(24)21-25/h4-11,25H,3,12-15H2,1-2H3,(H,21,24)/b9-8+. The molecule has 0 aliphatic rings. The molecule has 6 heteroatoms. The van der Waals surface area contributed by atoms with Crippen LogP contribution in [0, 0.1) is 6.92 Å². The lowest BCUT2D eigenvalue weighted by atomic mass is 10.1. The number of aromatic nitrogens is 2. The zero-order valence-corrected chi connectivity index (χ0v) is 14.9. The third kappa shape index (κ3) is 6.17. The molecular formula is C19H26N4O2. The van der Waals surface area contributed by atoms with Gasteiger partial charge in [0.05, 0.1) is 6.54 Å². The van der Waals surface area contributed by atoms with Crippen molar-refractivity contribution in [3.05, 3.63) is 59.4 Å². The van der Waals surface area contributed by atoms with E-state index in [9.17, 15) is 4.79 Å². The molecule has 2 rings (SSSR count). The van der Waals surface area contributed by atoms with Crippen molar-refractivity contribution in [3.8, 4) is 0 Å². The summed E-state index contributed by atoms with van der Waals surface area (Å²) >= 11 is 0. The van der Waals surface area contributed by atoms with Gasteiger partial charge in [0.25, 0.3) is 5.91 Å². The molecule has 2 aromatic rings. The monoisotopic (exact) mass is 342 g/mol. The van der Waals surface area contributed by atoms with Gasteiger partial charge >= 0.3 is 0 Å². The second-order valence-corrected chi connectivity index (χ2v) is 6.02. The molecule has 0 aliphatic heterocycles. The first kappa shape index (κ1) is 18.9. The summed E-state index contributed by atoms with van der Waals surface area (Å²) in [7, 11) is 0. The highest BCUT2D eigenvalue weighted by molar-refractivity contribution is 5.90. The minimum absolute atomic E-state index is 0.535. The smallest absolute Gasteiger partial charge is 0.267 e. The van der Waals surface area contributed by atoms with Crippen molar-refractivity contribution in [1.82, 2.24) is 20.2 Å². The second-order valence-electron chi connectivity index (χ2n) is 6.02. The summed E-state index contributed by atoms with van der Waals surface area (Å²) in [6, 6.07) is 10.1. The van der Waals surface area contributed by atoms with Crippen LogP contribution in [0.5, 0.6) is 0 Å². The maximum Gasteiger partial charge on any atom is 0.267 e. The quantitative estimate of drug-likeness (QED) is 0.417. The van der Waals surface area contributed by atoms with Crippen molar-refractivity contribution < 1.29 is 10.0 Å². The third-order valence-corrected chi connectivity index (χ3v) is 4.02. The van der Waals surface area contributed by atoms with E-state index in [-0.39, 0.29) is 0 Å². The predicted molar refractivity (Wildman–Crippen MR) is 97.9 cm³/mol. The third-order valence-electron chi connectivity index (χ3n) is 4.02. The van der Waals surface area contributed by atoms with Crippen LogP contribution in [0.1, 0.15) is 30.2 Å². The molecule has 0 aliphatic carbocycles. The van der Waals surface area contributed by atoms with Gasteiger partial charge in [-0.15, -0.1) is 0 Å². The lowest BCUT2D eigenvalue weighted by Crippen LogP contribution is -2.28. The SMILES string of the molecule is CCCN(CCn1nccc1C)Cc1ccc(/C=C/C(=O)NO)cc1. The molecule has 0 unspecified atom stereocenters. The fraction of sp³-hybridized carbons (Fsp3) is 0.368. The van der Waals surface area contributed by atoms with E-state index in [4.69, 9.17) is 5.21 Å². The largest absolute Gasteiger partial charge is 0.297 e. The molecule has 6 nitrogen and oxygen atoms in total. The number of hydroxylamine groups is 1. The highest BCUT2D eigenvalue weighted by Gasteiger charge is 2.07. The number of carbonyl (C=O) groups is 1. The molecule has 0 saturated carbocycles. The Balaban J connectivity index is 1.93. The lowest BCUT2D eigenvalue weighted by molar-refractivity contribution is -0.124. The number of nitrogens with one attached hydrogen (secondary N) is 1. The van der Waals surface area contributed by atoms with Crippen LogP contribution >= 0.6 is 0 Å². The minimum Gasteiger partial charge on any atom is -0.297 e. The summed E-state index contributed by atoms with van der Waals surface area (Å²) in [5, 5.41) is 12.8. The molecule has 0 fully saturated rings. The van der Waals surface area contributed by atoms with Gasteiger partial charge in [-0.3, -0.25) is 19.6 Å². The van der Waals surface area contributed by atoms with Crippen LogP contribution in [-0.4, -0.2) is 38.9 Å². The van der Waals surface area contributed by atoms with Gasteiger partial charge < -0.3 is 0 Å². The molecule has 0 spiro atoms. The number of aryl methyl sites for hydroxylation is 1. The molecular weight excluding hydrogens is 316 g/mol. The molecule has 1 aromatic heterocycles. The topological polar surface area (TPSA) is 70.4 Å². The Morgan fingerprint density at radius 2 is 2.04 bits per heavy atom. The number of hydrogen-bond acceptors (Lipinski definition) is 4. The van der Waals surface area contributed by atoms with Gasteiger partial charge in [-0.2, -0.15) is 5.10 Å². The predicted octanol–water partition coefficient (Wildman–Crippen LogP) is 2.62. The second kappa shape index (κ2) is 9.76. The van der Waals surface area contributed by atoms with Gasteiger partial charge in [0.1, 0.15) is 0 Å². The Morgan fingerprint density at radius 3 is 2.64 bits per heavy atom. The molecule has 0 atom stereocenters. The van der Waals surface area contributed by atoms with Crippen LogP contribution in [-0.2, 0) is 17.9 Å². The first-order chi connectivity index (χ1) is 12.1. The van der Waals surface area contributed by atoms with Crippen molar-refractivity contribution in [3.63, 3.8) is 0 Å². The number of rotatable bonds is 9. The molecule has 2 N–H and O–H groups in total. The molecule has 1 aromatic carbocycles. The number of benzene rings is 1. The van der Waals surface area contributed by atoms with Crippen LogP contribution in [0.15, 0.2) is 42.6 Å². The maximum atomic E-state index is 11.0. The van der Waals surface area contributed by atoms with Crippen molar-refractivity contribution >= 4 is 12.0 Å². The molecule has 25 heavy (non-hydrogen) atoms. The summed E-state index contributed by atoms with van der Waals surface area (Å²) in [6.07, 6.45) is 5.91. The zero-order valence-electron chi connectivity index (χ0n) is 14.9. The van der Waals surface area contributed by atoms with Crippen molar-refractivity contribution in [2.45, 2.75) is 33.4 Å². The van der Waals surface area contributed by atoms with Crippen LogP contribution in [0.4, 0.5) is 0 Å². The van der Waals surface area contributed by atoms with Crippen molar-refractivity contribution in [1.29, 1.82) is 0 Å². The lowest BCUT2D eigenvalue weighted by Gasteiger charge is -2.22. The van der Waals surface area contributed by atoms with E-state index < -0.39 is 5.91 Å². The van der Waals surface area contributed by atoms with E-state index in [1.54, 1.807) is 11.6 Å². The van der Waals surface area contributed by atoms with Crippen LogP contribution in [0.3, 0.4) is 0 Å². The number of carbonyl (C=O) groups excluding carboxylic acids is 1.